The van der Waals surface area contributed by atoms with Crippen LogP contribution >= 0.6 is 0 Å². The number of nitro benzene ring substituents is 1. The molecule has 0 saturated carbocycles. The molecule has 0 aliphatic carbocycles. The minimum Gasteiger partial charge on any atom is -0.388 e. The summed E-state index contributed by atoms with van der Waals surface area (Å²) in [6, 6.07) is 5.22. The number of hydrogen-bond acceptors (Lipinski definition) is 7. The number of nitrogens with zero attached hydrogens (tertiary/aromatic N) is 3. The van der Waals surface area contributed by atoms with E-state index in [0.29, 0.717) is 5.69 Å². The summed E-state index contributed by atoms with van der Waals surface area (Å²) in [6.07, 6.45) is 2.70. The Balaban J connectivity index is 2.50. The summed E-state index contributed by atoms with van der Waals surface area (Å²) in [6.45, 7) is 0. The average molecular weight is 309 g/mol. The molecule has 0 saturated heterocycles. The van der Waals surface area contributed by atoms with Crippen LogP contribution in [0.25, 0.3) is 0 Å². The molecule has 1 heterocycles. The molecule has 1 aromatic carbocycles. The first-order valence-corrected chi connectivity index (χ1v) is 7.18. The van der Waals surface area contributed by atoms with E-state index in [-0.39, 0.29) is 5.95 Å². The van der Waals surface area contributed by atoms with Crippen LogP contribution in [-0.2, 0) is 10.0 Å². The highest BCUT2D eigenvalue weighted by Gasteiger charge is 2.27. The van der Waals surface area contributed by atoms with Gasteiger partial charge in [-0.2, -0.15) is 0 Å². The predicted octanol–water partition coefficient (Wildman–Crippen LogP) is 1.23. The van der Waals surface area contributed by atoms with Gasteiger partial charge < -0.3 is 5.32 Å². The Hall–Kier alpha value is -2.75. The smallest absolute Gasteiger partial charge is 0.290 e. The Morgan fingerprint density at radius 2 is 1.90 bits per heavy atom. The van der Waals surface area contributed by atoms with Gasteiger partial charge in [-0.3, -0.25) is 10.1 Å². The minimum absolute atomic E-state index is 0.165. The Labute approximate surface area is 120 Å². The van der Waals surface area contributed by atoms with Gasteiger partial charge in [-0.15, -0.1) is 0 Å². The van der Waals surface area contributed by atoms with E-state index in [9.17, 15) is 18.5 Å². The molecule has 2 rings (SSSR count). The van der Waals surface area contributed by atoms with Crippen LogP contribution in [0.4, 0.5) is 17.3 Å². The molecule has 0 unspecified atom stereocenters. The second-order valence-corrected chi connectivity index (χ2v) is 5.52. The number of nitrogens with one attached hydrogen (secondary N) is 2. The molecule has 0 fully saturated rings. The molecule has 9 nitrogen and oxygen atoms in total. The number of rotatable bonds is 5. The summed E-state index contributed by atoms with van der Waals surface area (Å²) in [7, 11) is -2.60. The normalized spacial score (nSPS) is 10.9. The van der Waals surface area contributed by atoms with Gasteiger partial charge in [-0.1, -0.05) is 0 Å². The number of nitro groups is 1. The Bertz CT molecular complexity index is 763. The maximum atomic E-state index is 12.3. The van der Waals surface area contributed by atoms with Crippen molar-refractivity contribution in [1.29, 1.82) is 0 Å². The van der Waals surface area contributed by atoms with Gasteiger partial charge in [-0.05, 0) is 18.2 Å². The van der Waals surface area contributed by atoms with E-state index in [1.54, 1.807) is 7.05 Å². The molecule has 0 spiro atoms. The summed E-state index contributed by atoms with van der Waals surface area (Å²) in [5.74, 6) is -0.165. The Morgan fingerprint density at radius 1 is 1.24 bits per heavy atom. The van der Waals surface area contributed by atoms with E-state index < -0.39 is 25.5 Å². The maximum absolute atomic E-state index is 12.3. The molecular formula is C11H11N5O4S. The lowest BCUT2D eigenvalue weighted by molar-refractivity contribution is -0.387. The fourth-order valence-electron chi connectivity index (χ4n) is 1.56. The molecule has 0 radical (unpaired) electrons. The molecule has 2 aromatic rings. The van der Waals surface area contributed by atoms with E-state index in [2.05, 4.69) is 20.0 Å². The van der Waals surface area contributed by atoms with E-state index in [0.717, 1.165) is 6.07 Å². The minimum atomic E-state index is -4.18. The molecule has 21 heavy (non-hydrogen) atoms. The Kier molecular flexibility index (Phi) is 3.98. The van der Waals surface area contributed by atoms with Gasteiger partial charge in [0.2, 0.25) is 5.95 Å². The van der Waals surface area contributed by atoms with Crippen molar-refractivity contribution in [2.45, 2.75) is 4.90 Å². The molecule has 1 aromatic heterocycles. The topological polar surface area (TPSA) is 127 Å². The zero-order chi connectivity index (χ0) is 15.5. The van der Waals surface area contributed by atoms with Gasteiger partial charge in [0.25, 0.3) is 15.7 Å². The molecule has 0 aliphatic rings. The molecule has 2 N–H and O–H groups in total. The molecule has 110 valence electrons. The third-order valence-corrected chi connectivity index (χ3v) is 3.88. The van der Waals surface area contributed by atoms with Crippen LogP contribution in [0.2, 0.25) is 0 Å². The summed E-state index contributed by atoms with van der Waals surface area (Å²) < 4.78 is 26.6. The van der Waals surface area contributed by atoms with Crippen molar-refractivity contribution in [1.82, 2.24) is 9.97 Å². The van der Waals surface area contributed by atoms with Crippen molar-refractivity contribution >= 4 is 27.3 Å². The molecular weight excluding hydrogens is 298 g/mol. The molecule has 0 atom stereocenters. The first kappa shape index (κ1) is 14.7. The standard InChI is InChI=1S/C11H11N5O4S/c1-12-8-3-4-9(16(17)18)10(7-8)21(19,20)15-11-13-5-2-6-14-11/h2-7,12H,1H3,(H,13,14,15). The van der Waals surface area contributed by atoms with Crippen LogP contribution in [0.1, 0.15) is 0 Å². The third-order valence-electron chi connectivity index (χ3n) is 2.53. The zero-order valence-electron chi connectivity index (χ0n) is 10.8. The highest BCUT2D eigenvalue weighted by Crippen LogP contribution is 2.27. The van der Waals surface area contributed by atoms with E-state index >= 15 is 0 Å². The third kappa shape index (κ3) is 3.23. The first-order valence-electron chi connectivity index (χ1n) is 5.70. The molecule has 10 heteroatoms. The second kappa shape index (κ2) is 5.71. The number of hydrogen-bond donors (Lipinski definition) is 2. The van der Waals surface area contributed by atoms with Gasteiger partial charge in [0, 0.05) is 31.2 Å². The van der Waals surface area contributed by atoms with Crippen LogP contribution in [0, 0.1) is 10.1 Å². The highest BCUT2D eigenvalue weighted by molar-refractivity contribution is 7.92. The van der Waals surface area contributed by atoms with Gasteiger partial charge in [0.1, 0.15) is 0 Å². The van der Waals surface area contributed by atoms with E-state index in [1.165, 1.54) is 30.6 Å². The largest absolute Gasteiger partial charge is 0.388 e. The fourth-order valence-corrected chi connectivity index (χ4v) is 2.72. The fraction of sp³-hybridized carbons (Fsp3) is 0.0909. The number of anilines is 2. The van der Waals surface area contributed by atoms with Gasteiger partial charge in [0.15, 0.2) is 4.90 Å². The van der Waals surface area contributed by atoms with E-state index in [1.807, 2.05) is 0 Å². The van der Waals surface area contributed by atoms with E-state index in [4.69, 9.17) is 0 Å². The zero-order valence-corrected chi connectivity index (χ0v) is 11.7. The van der Waals surface area contributed by atoms with Crippen LogP contribution in [0.5, 0.6) is 0 Å². The van der Waals surface area contributed by atoms with Gasteiger partial charge in [-0.25, -0.2) is 23.1 Å². The van der Waals surface area contributed by atoms with Gasteiger partial charge >= 0.3 is 0 Å². The maximum Gasteiger partial charge on any atom is 0.290 e. The highest BCUT2D eigenvalue weighted by atomic mass is 32.2. The number of benzene rings is 1. The number of aromatic nitrogens is 2. The van der Waals surface area contributed by atoms with Crippen molar-refractivity contribution in [3.8, 4) is 0 Å². The van der Waals surface area contributed by atoms with Crippen molar-refractivity contribution in [2.75, 3.05) is 17.1 Å². The average Bonchev–Trinajstić information content (AvgIpc) is 2.47. The quantitative estimate of drug-likeness (QED) is 0.628. The van der Waals surface area contributed by atoms with Crippen LogP contribution in [0.15, 0.2) is 41.6 Å². The van der Waals surface area contributed by atoms with Crippen molar-refractivity contribution in [3.63, 3.8) is 0 Å². The lowest BCUT2D eigenvalue weighted by atomic mass is 10.3. The van der Waals surface area contributed by atoms with Gasteiger partial charge in [0.05, 0.1) is 4.92 Å². The lowest BCUT2D eigenvalue weighted by Crippen LogP contribution is -2.16. The molecule has 0 aliphatic heterocycles. The molecule has 0 bridgehead atoms. The Morgan fingerprint density at radius 3 is 2.48 bits per heavy atom. The van der Waals surface area contributed by atoms with Crippen molar-refractivity contribution < 1.29 is 13.3 Å². The predicted molar refractivity (Wildman–Crippen MR) is 75.5 cm³/mol. The lowest BCUT2D eigenvalue weighted by Gasteiger charge is -2.08. The second-order valence-electron chi connectivity index (χ2n) is 3.87. The number of sulfonamides is 1. The summed E-state index contributed by atoms with van der Waals surface area (Å²) in [4.78, 5) is 17.2. The summed E-state index contributed by atoms with van der Waals surface area (Å²) >= 11 is 0. The first-order chi connectivity index (χ1) is 9.94. The monoisotopic (exact) mass is 309 g/mol. The van der Waals surface area contributed by atoms with Crippen LogP contribution in [0.3, 0.4) is 0 Å². The summed E-state index contributed by atoms with van der Waals surface area (Å²) in [5, 5.41) is 13.7. The van der Waals surface area contributed by atoms with Crippen LogP contribution in [-0.4, -0.2) is 30.4 Å². The SMILES string of the molecule is CNc1ccc([N+](=O)[O-])c(S(=O)(=O)Nc2ncccn2)c1. The van der Waals surface area contributed by atoms with Crippen molar-refractivity contribution in [3.05, 3.63) is 46.8 Å². The molecule has 0 amide bonds. The summed E-state index contributed by atoms with van der Waals surface area (Å²) in [5.41, 5.74) is -0.104. The van der Waals surface area contributed by atoms with Crippen LogP contribution < -0.4 is 10.0 Å². The van der Waals surface area contributed by atoms with Crippen molar-refractivity contribution in [2.24, 2.45) is 0 Å².